The number of nitrogens with zero attached hydrogens (tertiary/aromatic N) is 1. The van der Waals surface area contributed by atoms with Crippen molar-refractivity contribution < 1.29 is 14.6 Å². The van der Waals surface area contributed by atoms with Crippen molar-refractivity contribution >= 4 is 11.6 Å². The van der Waals surface area contributed by atoms with E-state index in [2.05, 4.69) is 11.0 Å². The van der Waals surface area contributed by atoms with Crippen molar-refractivity contribution in [3.05, 3.63) is 28.8 Å². The molecule has 22 heavy (non-hydrogen) atoms. The zero-order chi connectivity index (χ0) is 15.5. The Morgan fingerprint density at radius 2 is 2.27 bits per heavy atom. The molecule has 3 unspecified atom stereocenters. The second kappa shape index (κ2) is 7.18. The van der Waals surface area contributed by atoms with Gasteiger partial charge in [0.25, 0.3) is 0 Å². The second-order valence-corrected chi connectivity index (χ2v) is 6.65. The number of benzene rings is 1. The lowest BCUT2D eigenvalue weighted by Gasteiger charge is -2.40. The fourth-order valence-corrected chi connectivity index (χ4v) is 3.99. The highest BCUT2D eigenvalue weighted by Gasteiger charge is 2.37. The number of aliphatic hydroxyl groups excluding tert-OH is 1. The molecule has 2 aliphatic rings. The molecule has 1 heterocycles. The summed E-state index contributed by atoms with van der Waals surface area (Å²) < 4.78 is 10.9. The number of aliphatic hydroxyl groups is 1. The third kappa shape index (κ3) is 3.40. The summed E-state index contributed by atoms with van der Waals surface area (Å²) in [6.07, 6.45) is 2.94. The predicted molar refractivity (Wildman–Crippen MR) is 86.4 cm³/mol. The number of rotatable bonds is 4. The van der Waals surface area contributed by atoms with Gasteiger partial charge < -0.3 is 14.6 Å². The lowest BCUT2D eigenvalue weighted by Crippen LogP contribution is -2.50. The largest absolute Gasteiger partial charge is 0.495 e. The van der Waals surface area contributed by atoms with Crippen molar-refractivity contribution in [3.8, 4) is 5.75 Å². The van der Waals surface area contributed by atoms with E-state index in [0.717, 1.165) is 39.0 Å². The fourth-order valence-electron chi connectivity index (χ4n) is 3.71. The van der Waals surface area contributed by atoms with E-state index < -0.39 is 0 Å². The molecule has 0 spiro atoms. The van der Waals surface area contributed by atoms with Crippen LogP contribution in [-0.2, 0) is 11.3 Å². The average molecular weight is 326 g/mol. The zero-order valence-electron chi connectivity index (χ0n) is 13.0. The number of morpholine rings is 1. The molecule has 0 radical (unpaired) electrons. The van der Waals surface area contributed by atoms with E-state index in [4.69, 9.17) is 21.1 Å². The number of methoxy groups -OCH3 is 1. The smallest absolute Gasteiger partial charge is 0.137 e. The summed E-state index contributed by atoms with van der Waals surface area (Å²) >= 11 is 6.23. The van der Waals surface area contributed by atoms with Gasteiger partial charge >= 0.3 is 0 Å². The van der Waals surface area contributed by atoms with Gasteiger partial charge in [0, 0.05) is 25.0 Å². The molecule has 3 rings (SSSR count). The molecular formula is C17H24ClNO3. The van der Waals surface area contributed by atoms with Crippen molar-refractivity contribution in [2.75, 3.05) is 26.9 Å². The molecule has 1 aliphatic carbocycles. The number of halogens is 1. The van der Waals surface area contributed by atoms with Gasteiger partial charge in [-0.3, -0.25) is 4.90 Å². The Kier molecular flexibility index (Phi) is 5.24. The van der Waals surface area contributed by atoms with Crippen molar-refractivity contribution in [1.82, 2.24) is 4.90 Å². The van der Waals surface area contributed by atoms with Crippen molar-refractivity contribution in [1.29, 1.82) is 0 Å². The van der Waals surface area contributed by atoms with Crippen LogP contribution in [0.3, 0.4) is 0 Å². The van der Waals surface area contributed by atoms with Crippen LogP contribution in [0.5, 0.6) is 5.75 Å². The van der Waals surface area contributed by atoms with E-state index in [1.807, 2.05) is 12.1 Å². The number of hydrogen-bond donors (Lipinski definition) is 1. The van der Waals surface area contributed by atoms with Gasteiger partial charge in [-0.2, -0.15) is 0 Å². The maximum Gasteiger partial charge on any atom is 0.137 e. The summed E-state index contributed by atoms with van der Waals surface area (Å²) in [4.78, 5) is 2.43. The Bertz CT molecular complexity index is 511. The highest BCUT2D eigenvalue weighted by molar-refractivity contribution is 6.32. The lowest BCUT2D eigenvalue weighted by atomic mass is 9.94. The minimum atomic E-state index is -0.186. The van der Waals surface area contributed by atoms with Gasteiger partial charge in [0.2, 0.25) is 0 Å². The summed E-state index contributed by atoms with van der Waals surface area (Å²) in [5.74, 6) is 1.03. The third-order valence-corrected chi connectivity index (χ3v) is 5.20. The highest BCUT2D eigenvalue weighted by Crippen LogP contribution is 2.33. The fraction of sp³-hybridized carbons (Fsp3) is 0.647. The van der Waals surface area contributed by atoms with Crippen LogP contribution in [0.15, 0.2) is 18.2 Å². The molecule has 122 valence electrons. The predicted octanol–water partition coefficient (Wildman–Crippen LogP) is 2.71. The van der Waals surface area contributed by atoms with E-state index >= 15 is 0 Å². The summed E-state index contributed by atoms with van der Waals surface area (Å²) in [5, 5.41) is 10.9. The molecule has 0 amide bonds. The molecule has 1 aromatic rings. The van der Waals surface area contributed by atoms with Gasteiger partial charge in [-0.15, -0.1) is 0 Å². The molecule has 1 N–H and O–H groups in total. The van der Waals surface area contributed by atoms with Crippen LogP contribution >= 0.6 is 11.6 Å². The van der Waals surface area contributed by atoms with Gasteiger partial charge in [0.15, 0.2) is 0 Å². The first-order valence-electron chi connectivity index (χ1n) is 8.01. The van der Waals surface area contributed by atoms with Crippen LogP contribution in [0.1, 0.15) is 24.8 Å². The van der Waals surface area contributed by atoms with Crippen molar-refractivity contribution in [2.45, 2.75) is 38.0 Å². The van der Waals surface area contributed by atoms with Crippen molar-refractivity contribution in [3.63, 3.8) is 0 Å². The molecule has 1 aliphatic heterocycles. The van der Waals surface area contributed by atoms with Gasteiger partial charge in [-0.05, 0) is 30.5 Å². The van der Waals surface area contributed by atoms with Crippen LogP contribution in [0.4, 0.5) is 0 Å². The quantitative estimate of drug-likeness (QED) is 0.924. The Balaban J connectivity index is 1.72. The molecule has 0 bridgehead atoms. The molecule has 1 saturated heterocycles. The van der Waals surface area contributed by atoms with Gasteiger partial charge in [0.1, 0.15) is 5.75 Å². The van der Waals surface area contributed by atoms with Gasteiger partial charge in [-0.25, -0.2) is 0 Å². The first-order chi connectivity index (χ1) is 10.7. The monoisotopic (exact) mass is 325 g/mol. The Morgan fingerprint density at radius 3 is 2.95 bits per heavy atom. The van der Waals surface area contributed by atoms with Crippen molar-refractivity contribution in [2.24, 2.45) is 5.92 Å². The molecule has 4 nitrogen and oxygen atoms in total. The summed E-state index contributed by atoms with van der Waals surface area (Å²) in [7, 11) is 1.63. The summed E-state index contributed by atoms with van der Waals surface area (Å²) in [6.45, 7) is 3.20. The normalized spacial score (nSPS) is 29.7. The van der Waals surface area contributed by atoms with Crippen LogP contribution in [0.2, 0.25) is 5.02 Å². The van der Waals surface area contributed by atoms with E-state index in [9.17, 15) is 5.11 Å². The van der Waals surface area contributed by atoms with E-state index in [1.165, 1.54) is 5.56 Å². The standard InChI is InChI=1S/C17H24ClNO3/c1-21-17-6-5-12(9-14(17)18)10-19-7-8-22-11-15(19)13-3-2-4-16(13)20/h5-6,9,13,15-16,20H,2-4,7-8,10-11H2,1H3. The average Bonchev–Trinajstić information content (AvgIpc) is 2.94. The Morgan fingerprint density at radius 1 is 1.41 bits per heavy atom. The summed E-state index contributed by atoms with van der Waals surface area (Å²) in [5.41, 5.74) is 1.17. The highest BCUT2D eigenvalue weighted by atomic mass is 35.5. The van der Waals surface area contributed by atoms with E-state index in [-0.39, 0.29) is 6.10 Å². The first-order valence-corrected chi connectivity index (χ1v) is 8.39. The number of hydrogen-bond acceptors (Lipinski definition) is 4. The molecule has 3 atom stereocenters. The summed E-state index contributed by atoms with van der Waals surface area (Å²) in [6, 6.07) is 6.24. The molecule has 1 aromatic carbocycles. The Labute approximate surface area is 137 Å². The maximum absolute atomic E-state index is 10.2. The minimum Gasteiger partial charge on any atom is -0.495 e. The van der Waals surface area contributed by atoms with Crippen LogP contribution in [-0.4, -0.2) is 49.0 Å². The van der Waals surface area contributed by atoms with E-state index in [1.54, 1.807) is 7.11 Å². The first kappa shape index (κ1) is 16.1. The van der Waals surface area contributed by atoms with Crippen LogP contribution in [0, 0.1) is 5.92 Å². The molecular weight excluding hydrogens is 302 g/mol. The van der Waals surface area contributed by atoms with Crippen LogP contribution < -0.4 is 4.74 Å². The van der Waals surface area contributed by atoms with Gasteiger partial charge in [0.05, 0.1) is 31.5 Å². The van der Waals surface area contributed by atoms with Crippen LogP contribution in [0.25, 0.3) is 0 Å². The molecule has 0 aromatic heterocycles. The second-order valence-electron chi connectivity index (χ2n) is 6.24. The molecule has 2 fully saturated rings. The van der Waals surface area contributed by atoms with E-state index in [0.29, 0.717) is 29.3 Å². The zero-order valence-corrected chi connectivity index (χ0v) is 13.8. The molecule has 5 heteroatoms. The maximum atomic E-state index is 10.2. The Hall–Kier alpha value is -0.810. The van der Waals surface area contributed by atoms with Gasteiger partial charge in [-0.1, -0.05) is 24.1 Å². The SMILES string of the molecule is COc1ccc(CN2CCOCC2C2CCCC2O)cc1Cl. The minimum absolute atomic E-state index is 0.186. The molecule has 1 saturated carbocycles. The topological polar surface area (TPSA) is 41.9 Å². The lowest BCUT2D eigenvalue weighted by molar-refractivity contribution is -0.0536. The third-order valence-electron chi connectivity index (χ3n) is 4.91. The number of ether oxygens (including phenoxy) is 2.